The zero-order chi connectivity index (χ0) is 13.1. The maximum atomic E-state index is 12.1. The highest BCUT2D eigenvalue weighted by molar-refractivity contribution is 7.99. The van der Waals surface area contributed by atoms with Crippen LogP contribution in [0.1, 0.15) is 5.76 Å². The van der Waals surface area contributed by atoms with Gasteiger partial charge in [0, 0.05) is 12.8 Å². The molecule has 0 spiro atoms. The summed E-state index contributed by atoms with van der Waals surface area (Å²) in [6.45, 7) is 0.333. The first-order valence-electron chi connectivity index (χ1n) is 5.44. The lowest BCUT2D eigenvalue weighted by molar-refractivity contribution is -0.140. The van der Waals surface area contributed by atoms with Gasteiger partial charge in [0.25, 0.3) is 0 Å². The molecule has 1 atom stereocenters. The number of thioether (sulfide) groups is 1. The number of amides is 2. The summed E-state index contributed by atoms with van der Waals surface area (Å²) in [6, 6.07) is 2.50. The van der Waals surface area contributed by atoms with Crippen LogP contribution in [0.15, 0.2) is 22.8 Å². The van der Waals surface area contributed by atoms with Crippen molar-refractivity contribution in [3.05, 3.63) is 24.2 Å². The summed E-state index contributed by atoms with van der Waals surface area (Å²) in [6.07, 6.45) is 1.54. The molecule has 1 saturated heterocycles. The molecule has 2 amide bonds. The van der Waals surface area contributed by atoms with Gasteiger partial charge >= 0.3 is 12.0 Å². The van der Waals surface area contributed by atoms with E-state index >= 15 is 0 Å². The van der Waals surface area contributed by atoms with Crippen LogP contribution in [0.4, 0.5) is 4.79 Å². The summed E-state index contributed by atoms with van der Waals surface area (Å²) in [7, 11) is 1.63. The minimum Gasteiger partial charge on any atom is -0.480 e. The molecular weight excluding hydrogens is 256 g/mol. The van der Waals surface area contributed by atoms with Crippen molar-refractivity contribution < 1.29 is 19.1 Å². The Labute approximate surface area is 109 Å². The molecule has 98 valence electrons. The molecule has 1 aliphatic heterocycles. The summed E-state index contributed by atoms with van der Waals surface area (Å²) in [5.41, 5.74) is 0. The lowest BCUT2D eigenvalue weighted by Crippen LogP contribution is -2.47. The van der Waals surface area contributed by atoms with Gasteiger partial charge in [0.2, 0.25) is 0 Å². The van der Waals surface area contributed by atoms with E-state index in [-0.39, 0.29) is 6.03 Å². The minimum absolute atomic E-state index is 0.288. The van der Waals surface area contributed by atoms with Crippen molar-refractivity contribution in [1.29, 1.82) is 0 Å². The Morgan fingerprint density at radius 3 is 3.06 bits per heavy atom. The largest absolute Gasteiger partial charge is 0.480 e. The average Bonchev–Trinajstić information content (AvgIpc) is 2.97. The van der Waals surface area contributed by atoms with Crippen LogP contribution in [0.5, 0.6) is 0 Å². The summed E-state index contributed by atoms with van der Waals surface area (Å²) in [5, 5.41) is 9.03. The van der Waals surface area contributed by atoms with Crippen molar-refractivity contribution in [3.8, 4) is 0 Å². The number of aliphatic carboxylic acids is 1. The van der Waals surface area contributed by atoms with Crippen molar-refractivity contribution in [2.24, 2.45) is 0 Å². The van der Waals surface area contributed by atoms with Gasteiger partial charge in [0.1, 0.15) is 11.8 Å². The normalized spacial score (nSPS) is 18.9. The Kier molecular flexibility index (Phi) is 3.81. The van der Waals surface area contributed by atoms with E-state index in [1.807, 2.05) is 0 Å². The predicted molar refractivity (Wildman–Crippen MR) is 66.2 cm³/mol. The second-order valence-corrected chi connectivity index (χ2v) is 5.04. The number of carbonyl (C=O) groups excluding carboxylic acids is 1. The summed E-state index contributed by atoms with van der Waals surface area (Å²) < 4.78 is 5.16. The summed E-state index contributed by atoms with van der Waals surface area (Å²) in [5.74, 6) is 0.567. The molecule has 0 aromatic carbocycles. The van der Waals surface area contributed by atoms with Crippen LogP contribution in [0, 0.1) is 0 Å². The molecule has 18 heavy (non-hydrogen) atoms. The third-order valence-electron chi connectivity index (χ3n) is 2.71. The fourth-order valence-corrected chi connectivity index (χ4v) is 2.90. The van der Waals surface area contributed by atoms with E-state index in [9.17, 15) is 9.59 Å². The van der Waals surface area contributed by atoms with E-state index in [1.165, 1.54) is 21.6 Å². The SMILES string of the molecule is CN(Cc1ccco1)C(=O)N1CSC[C@H]1C(=O)O. The van der Waals surface area contributed by atoms with Crippen molar-refractivity contribution in [3.63, 3.8) is 0 Å². The molecule has 1 aliphatic rings. The lowest BCUT2D eigenvalue weighted by atomic mass is 10.3. The molecule has 0 bridgehead atoms. The van der Waals surface area contributed by atoms with E-state index in [0.29, 0.717) is 23.9 Å². The zero-order valence-corrected chi connectivity index (χ0v) is 10.7. The molecule has 0 radical (unpaired) electrons. The fourth-order valence-electron chi connectivity index (χ4n) is 1.76. The number of hydrogen-bond donors (Lipinski definition) is 1. The van der Waals surface area contributed by atoms with Gasteiger partial charge in [-0.15, -0.1) is 11.8 Å². The van der Waals surface area contributed by atoms with Crippen molar-refractivity contribution in [2.75, 3.05) is 18.7 Å². The fraction of sp³-hybridized carbons (Fsp3) is 0.455. The van der Waals surface area contributed by atoms with E-state index in [0.717, 1.165) is 0 Å². The van der Waals surface area contributed by atoms with Gasteiger partial charge < -0.3 is 19.3 Å². The van der Waals surface area contributed by atoms with Gasteiger partial charge in [-0.05, 0) is 12.1 Å². The Morgan fingerprint density at radius 1 is 1.67 bits per heavy atom. The van der Waals surface area contributed by atoms with Crippen molar-refractivity contribution >= 4 is 23.8 Å². The monoisotopic (exact) mass is 270 g/mol. The molecule has 0 aliphatic carbocycles. The average molecular weight is 270 g/mol. The first-order valence-corrected chi connectivity index (χ1v) is 6.59. The zero-order valence-electron chi connectivity index (χ0n) is 9.91. The Balaban J connectivity index is 1.99. The highest BCUT2D eigenvalue weighted by atomic mass is 32.2. The number of carbonyl (C=O) groups is 2. The third-order valence-corrected chi connectivity index (χ3v) is 3.72. The van der Waals surface area contributed by atoms with Crippen molar-refractivity contribution in [1.82, 2.24) is 9.80 Å². The third kappa shape index (κ3) is 2.61. The lowest BCUT2D eigenvalue weighted by Gasteiger charge is -2.26. The Morgan fingerprint density at radius 2 is 2.44 bits per heavy atom. The first kappa shape index (κ1) is 12.8. The van der Waals surface area contributed by atoms with E-state index in [2.05, 4.69) is 0 Å². The summed E-state index contributed by atoms with van der Waals surface area (Å²) in [4.78, 5) is 26.0. The van der Waals surface area contributed by atoms with Gasteiger partial charge in [-0.3, -0.25) is 0 Å². The number of rotatable bonds is 3. The maximum Gasteiger partial charge on any atom is 0.327 e. The highest BCUT2D eigenvalue weighted by Crippen LogP contribution is 2.22. The Bertz CT molecular complexity index is 434. The van der Waals surface area contributed by atoms with Gasteiger partial charge in [-0.1, -0.05) is 0 Å². The van der Waals surface area contributed by atoms with Gasteiger partial charge in [-0.2, -0.15) is 0 Å². The van der Waals surface area contributed by atoms with Crippen LogP contribution in [-0.2, 0) is 11.3 Å². The molecule has 2 heterocycles. The number of carboxylic acids is 1. The number of urea groups is 1. The van der Waals surface area contributed by atoms with Crippen LogP contribution >= 0.6 is 11.8 Å². The molecule has 2 rings (SSSR count). The van der Waals surface area contributed by atoms with E-state index in [4.69, 9.17) is 9.52 Å². The van der Waals surface area contributed by atoms with Crippen LogP contribution < -0.4 is 0 Å². The summed E-state index contributed by atoms with van der Waals surface area (Å²) >= 11 is 1.45. The van der Waals surface area contributed by atoms with Crippen LogP contribution in [0.25, 0.3) is 0 Å². The van der Waals surface area contributed by atoms with Crippen LogP contribution in [0.2, 0.25) is 0 Å². The van der Waals surface area contributed by atoms with Gasteiger partial charge in [0.15, 0.2) is 0 Å². The molecule has 1 aromatic heterocycles. The highest BCUT2D eigenvalue weighted by Gasteiger charge is 2.36. The maximum absolute atomic E-state index is 12.1. The molecule has 7 heteroatoms. The second kappa shape index (κ2) is 5.34. The molecule has 0 unspecified atom stereocenters. The first-order chi connectivity index (χ1) is 8.59. The van der Waals surface area contributed by atoms with Gasteiger partial charge in [-0.25, -0.2) is 9.59 Å². The molecule has 1 N–H and O–H groups in total. The van der Waals surface area contributed by atoms with E-state index in [1.54, 1.807) is 25.4 Å². The molecular formula is C11H14N2O4S. The molecule has 1 fully saturated rings. The molecule has 0 saturated carbocycles. The van der Waals surface area contributed by atoms with Crippen molar-refractivity contribution in [2.45, 2.75) is 12.6 Å². The molecule has 6 nitrogen and oxygen atoms in total. The quantitative estimate of drug-likeness (QED) is 0.896. The number of hydrogen-bond acceptors (Lipinski definition) is 4. The van der Waals surface area contributed by atoms with E-state index < -0.39 is 12.0 Å². The predicted octanol–water partition coefficient (Wildman–Crippen LogP) is 1.29. The smallest absolute Gasteiger partial charge is 0.327 e. The minimum atomic E-state index is -0.959. The number of nitrogens with zero attached hydrogens (tertiary/aromatic N) is 2. The number of furan rings is 1. The second-order valence-electron chi connectivity index (χ2n) is 4.04. The van der Waals surface area contributed by atoms with Gasteiger partial charge in [0.05, 0.1) is 18.7 Å². The van der Waals surface area contributed by atoms with Crippen LogP contribution in [-0.4, -0.2) is 51.6 Å². The number of carboxylic acid groups (broad SMARTS) is 1. The standard InChI is InChI=1S/C11H14N2O4S/c1-12(5-8-3-2-4-17-8)11(16)13-7-18-6-9(13)10(14)15/h2-4,9H,5-7H2,1H3,(H,14,15)/t9-/m0/s1. The topological polar surface area (TPSA) is 74.0 Å². The Hall–Kier alpha value is -1.63. The van der Waals surface area contributed by atoms with Crippen LogP contribution in [0.3, 0.4) is 0 Å². The molecule has 1 aromatic rings.